The Labute approximate surface area is 262 Å². The molecule has 3 aromatic heterocycles. The molecule has 0 saturated heterocycles. The summed E-state index contributed by atoms with van der Waals surface area (Å²) in [5.74, 6) is 0. The molecule has 0 atom stereocenters. The number of aromatic nitrogens is 4. The zero-order valence-corrected chi connectivity index (χ0v) is 26.0. The largest absolute Gasteiger partial charge is 0.351 e. The second-order valence-electron chi connectivity index (χ2n) is 10.9. The van der Waals surface area contributed by atoms with Crippen LogP contribution in [-0.4, -0.2) is 52.2 Å². The lowest BCUT2D eigenvalue weighted by Crippen LogP contribution is -2.31. The van der Waals surface area contributed by atoms with Gasteiger partial charge in [0.25, 0.3) is 10.0 Å². The van der Waals surface area contributed by atoms with Crippen molar-refractivity contribution in [2.45, 2.75) is 24.9 Å². The topological polar surface area (TPSA) is 119 Å². The number of aryl methyl sites for hydroxylation is 1. The van der Waals surface area contributed by atoms with Gasteiger partial charge >= 0.3 is 6.03 Å². The number of hydrogen-bond acceptors (Lipinski definition) is 6. The lowest BCUT2D eigenvalue weighted by Gasteiger charge is -2.20. The Hall–Kier alpha value is -5.26. The van der Waals surface area contributed by atoms with E-state index >= 15 is 0 Å². The molecule has 6 aromatic rings. The summed E-state index contributed by atoms with van der Waals surface area (Å²) in [6.45, 7) is 3.04. The summed E-state index contributed by atoms with van der Waals surface area (Å²) in [6, 6.07) is 28.3. The Morgan fingerprint density at radius 1 is 0.867 bits per heavy atom. The molecule has 228 valence electrons. The summed E-state index contributed by atoms with van der Waals surface area (Å²) in [4.78, 5) is 20.5. The van der Waals surface area contributed by atoms with Crippen LogP contribution in [0.2, 0.25) is 0 Å². The Kier molecular flexibility index (Phi) is 7.96. The number of para-hydroxylation sites is 1. The first-order chi connectivity index (χ1) is 21.7. The summed E-state index contributed by atoms with van der Waals surface area (Å²) in [6.07, 6.45) is 3.60. The number of anilines is 2. The molecule has 0 aliphatic rings. The van der Waals surface area contributed by atoms with E-state index < -0.39 is 16.1 Å². The minimum atomic E-state index is -3.94. The fourth-order valence-corrected chi connectivity index (χ4v) is 7.01. The molecular weight excluding hydrogens is 586 g/mol. The summed E-state index contributed by atoms with van der Waals surface area (Å²) < 4.78 is 31.2. The Balaban J connectivity index is 1.50. The van der Waals surface area contributed by atoms with E-state index in [1.165, 1.54) is 8.87 Å². The molecule has 10 nitrogen and oxygen atoms in total. The molecule has 0 unspecified atom stereocenters. The molecule has 0 saturated carbocycles. The average molecular weight is 620 g/mol. The van der Waals surface area contributed by atoms with Crippen molar-refractivity contribution < 1.29 is 13.2 Å². The third kappa shape index (κ3) is 5.59. The van der Waals surface area contributed by atoms with Gasteiger partial charge in [-0.2, -0.15) is 5.10 Å². The normalized spacial score (nSPS) is 11.7. The number of benzene rings is 3. The van der Waals surface area contributed by atoms with Gasteiger partial charge in [-0.25, -0.2) is 22.2 Å². The van der Waals surface area contributed by atoms with Crippen LogP contribution in [-0.2, 0) is 23.1 Å². The van der Waals surface area contributed by atoms with E-state index in [0.717, 1.165) is 16.7 Å². The second-order valence-corrected chi connectivity index (χ2v) is 12.6. The molecule has 0 aliphatic carbocycles. The number of nitrogens with zero attached hydrogens (tertiary/aromatic N) is 6. The number of urea groups is 1. The van der Waals surface area contributed by atoms with Crippen LogP contribution >= 0.6 is 0 Å². The quantitative estimate of drug-likeness (QED) is 0.209. The summed E-state index contributed by atoms with van der Waals surface area (Å²) >= 11 is 0. The number of carbonyl (C=O) groups is 1. The molecule has 45 heavy (non-hydrogen) atoms. The van der Waals surface area contributed by atoms with Crippen LogP contribution in [0.25, 0.3) is 33.4 Å². The highest BCUT2D eigenvalue weighted by Gasteiger charge is 2.26. The summed E-state index contributed by atoms with van der Waals surface area (Å²) in [5.41, 5.74) is 11.2. The number of pyridine rings is 1. The molecule has 3 heterocycles. The van der Waals surface area contributed by atoms with Crippen LogP contribution < -0.4 is 10.6 Å². The van der Waals surface area contributed by atoms with Crippen molar-refractivity contribution in [2.75, 3.05) is 19.0 Å². The lowest BCUT2D eigenvalue weighted by atomic mass is 10.00. The van der Waals surface area contributed by atoms with E-state index in [2.05, 4.69) is 4.98 Å². The monoisotopic (exact) mass is 619 g/mol. The van der Waals surface area contributed by atoms with Crippen molar-refractivity contribution in [3.63, 3.8) is 0 Å². The van der Waals surface area contributed by atoms with Gasteiger partial charge in [0.2, 0.25) is 0 Å². The number of nitrogens with two attached hydrogens (primary N) is 1. The first-order valence-corrected chi connectivity index (χ1v) is 15.9. The van der Waals surface area contributed by atoms with Gasteiger partial charge in [-0.15, -0.1) is 0 Å². The minimum absolute atomic E-state index is 0.190. The van der Waals surface area contributed by atoms with Crippen molar-refractivity contribution in [3.8, 4) is 22.4 Å². The van der Waals surface area contributed by atoms with Gasteiger partial charge in [-0.3, -0.25) is 9.58 Å². The van der Waals surface area contributed by atoms with Gasteiger partial charge in [-0.05, 0) is 75.1 Å². The van der Waals surface area contributed by atoms with Crippen molar-refractivity contribution in [1.29, 1.82) is 0 Å². The zero-order valence-electron chi connectivity index (χ0n) is 25.2. The Morgan fingerprint density at radius 2 is 1.51 bits per heavy atom. The minimum Gasteiger partial charge on any atom is -0.351 e. The number of hydrogen-bond donors (Lipinski definition) is 1. The van der Waals surface area contributed by atoms with Gasteiger partial charge in [0.1, 0.15) is 5.69 Å². The predicted octanol–water partition coefficient (Wildman–Crippen LogP) is 6.10. The fourth-order valence-electron chi connectivity index (χ4n) is 5.51. The predicted molar refractivity (Wildman–Crippen MR) is 177 cm³/mol. The lowest BCUT2D eigenvalue weighted by molar-refractivity contribution is 0.256. The molecule has 0 aliphatic heterocycles. The van der Waals surface area contributed by atoms with Crippen LogP contribution in [0.15, 0.2) is 114 Å². The zero-order chi connectivity index (χ0) is 31.7. The molecule has 6 rings (SSSR count). The molecular formula is C34H33N7O3S. The molecule has 2 amide bonds. The van der Waals surface area contributed by atoms with Gasteiger partial charge in [0, 0.05) is 42.0 Å². The van der Waals surface area contributed by atoms with E-state index in [1.807, 2.05) is 104 Å². The maximum Gasteiger partial charge on any atom is 0.323 e. The molecule has 3 aromatic carbocycles. The fraction of sp³-hybridized carbons (Fsp3) is 0.147. The highest BCUT2D eigenvalue weighted by Crippen LogP contribution is 2.38. The molecule has 0 bridgehead atoms. The smallest absolute Gasteiger partial charge is 0.323 e. The van der Waals surface area contributed by atoms with Crippen molar-refractivity contribution >= 4 is 38.5 Å². The maximum atomic E-state index is 14.0. The third-order valence-electron chi connectivity index (χ3n) is 7.50. The first kappa shape index (κ1) is 29.8. The van der Waals surface area contributed by atoms with E-state index in [0.29, 0.717) is 46.9 Å². The van der Waals surface area contributed by atoms with Crippen molar-refractivity contribution in [3.05, 3.63) is 115 Å². The van der Waals surface area contributed by atoms with Crippen LogP contribution in [0.4, 0.5) is 16.2 Å². The molecule has 0 spiro atoms. The molecule has 2 N–H and O–H groups in total. The van der Waals surface area contributed by atoms with Crippen molar-refractivity contribution in [1.82, 2.24) is 23.6 Å². The summed E-state index contributed by atoms with van der Waals surface area (Å²) in [5, 5.41) is 5.58. The van der Waals surface area contributed by atoms with Gasteiger partial charge in [-0.1, -0.05) is 48.5 Å². The van der Waals surface area contributed by atoms with Crippen LogP contribution in [0.1, 0.15) is 12.6 Å². The van der Waals surface area contributed by atoms with Crippen LogP contribution in [0.3, 0.4) is 0 Å². The van der Waals surface area contributed by atoms with Crippen LogP contribution in [0, 0.1) is 0 Å². The number of amides is 2. The van der Waals surface area contributed by atoms with Gasteiger partial charge < -0.3 is 10.6 Å². The van der Waals surface area contributed by atoms with Gasteiger partial charge in [0.15, 0.2) is 5.65 Å². The number of rotatable bonds is 9. The number of primary amides is 1. The van der Waals surface area contributed by atoms with E-state index in [9.17, 15) is 13.2 Å². The molecule has 0 fully saturated rings. The molecule has 11 heteroatoms. The first-order valence-electron chi connectivity index (χ1n) is 14.5. The van der Waals surface area contributed by atoms with Crippen molar-refractivity contribution in [2.24, 2.45) is 5.73 Å². The highest BCUT2D eigenvalue weighted by molar-refractivity contribution is 7.90. The highest BCUT2D eigenvalue weighted by atomic mass is 32.2. The standard InChI is InChI=1S/C34H33N7O3S/c1-4-39-23-31(32(37-39)24-15-17-26(18-16-24)40(34(35)42)25-11-7-5-8-12-25)29-19-20-36-33-30(29)21-27(22-38(2)3)41(33)45(43,44)28-13-9-6-10-14-28/h5-21,23H,4,22H2,1-3H3,(H2,35,42). The second kappa shape index (κ2) is 12.0. The maximum absolute atomic E-state index is 14.0. The number of fused-ring (bicyclic) bond motifs is 1. The van der Waals surface area contributed by atoms with Gasteiger partial charge in [0.05, 0.1) is 22.0 Å². The Bertz CT molecular complexity index is 2090. The van der Waals surface area contributed by atoms with Crippen LogP contribution in [0.5, 0.6) is 0 Å². The van der Waals surface area contributed by atoms with E-state index in [1.54, 1.807) is 36.5 Å². The van der Waals surface area contributed by atoms with E-state index in [-0.39, 0.29) is 4.90 Å². The third-order valence-corrected chi connectivity index (χ3v) is 9.26. The van der Waals surface area contributed by atoms with E-state index in [4.69, 9.17) is 10.8 Å². The molecule has 0 radical (unpaired) electrons. The summed E-state index contributed by atoms with van der Waals surface area (Å²) in [7, 11) is -0.141. The number of carbonyl (C=O) groups excluding carboxylic acids is 1. The SMILES string of the molecule is CCn1cc(-c2ccnc3c2cc(CN(C)C)n3S(=O)(=O)c2ccccc2)c(-c2ccc(N(C(N)=O)c3ccccc3)cc2)n1. The average Bonchev–Trinajstić information content (AvgIpc) is 3.64. The Morgan fingerprint density at radius 3 is 2.13 bits per heavy atom.